The van der Waals surface area contributed by atoms with E-state index in [2.05, 4.69) is 56.3 Å². The molecule has 0 fully saturated rings. The summed E-state index contributed by atoms with van der Waals surface area (Å²) < 4.78 is 0. The van der Waals surface area contributed by atoms with Crippen LogP contribution in [0.4, 0.5) is 0 Å². The van der Waals surface area contributed by atoms with Gasteiger partial charge in [-0.3, -0.25) is 0 Å². The second-order valence-electron chi connectivity index (χ2n) is 6.21. The first-order chi connectivity index (χ1) is 11.8. The number of phenolic OH excluding ortho intramolecular Hbond substituents is 2. The summed E-state index contributed by atoms with van der Waals surface area (Å²) in [4.78, 5) is 1.60. The van der Waals surface area contributed by atoms with E-state index in [1.807, 2.05) is 24.3 Å². The van der Waals surface area contributed by atoms with E-state index >= 15 is 0 Å². The summed E-state index contributed by atoms with van der Waals surface area (Å²) in [6.45, 7) is 8.70. The Kier molecular flexibility index (Phi) is 13.9. The number of hydrogen-bond donors (Lipinski definition) is 3. The van der Waals surface area contributed by atoms with E-state index < -0.39 is 0 Å². The topological polar surface area (TPSA) is 40.5 Å². The molecule has 0 aromatic heterocycles. The molecule has 0 saturated carbocycles. The molecule has 2 aromatic rings. The molecule has 0 bridgehead atoms. The number of phenols is 2. The van der Waals surface area contributed by atoms with Crippen LogP contribution in [0.25, 0.3) is 0 Å². The molecule has 2 aromatic carbocycles. The highest BCUT2D eigenvalue weighted by Gasteiger charge is 2.01. The predicted octanol–water partition coefficient (Wildman–Crippen LogP) is 6.86. The van der Waals surface area contributed by atoms with Crippen molar-refractivity contribution < 1.29 is 10.2 Å². The Morgan fingerprint density at radius 2 is 1.36 bits per heavy atom. The minimum atomic E-state index is 0.232. The molecular weight excluding hydrogens is 416 g/mol. The third-order valence-corrected chi connectivity index (χ3v) is 5.79. The van der Waals surface area contributed by atoms with Gasteiger partial charge >= 0.3 is 0 Å². The molecule has 0 heterocycles. The Bertz CT molecular complexity index is 568. The van der Waals surface area contributed by atoms with E-state index in [9.17, 15) is 5.11 Å². The number of para-hydroxylation sites is 2. The highest BCUT2D eigenvalue weighted by Crippen LogP contribution is 2.28. The lowest BCUT2D eigenvalue weighted by molar-refractivity contribution is 0.462. The van der Waals surface area contributed by atoms with Crippen molar-refractivity contribution in [1.82, 2.24) is 0 Å². The lowest BCUT2D eigenvalue weighted by Crippen LogP contribution is -1.89. The van der Waals surface area contributed by atoms with E-state index in [1.165, 1.54) is 0 Å². The lowest BCUT2D eigenvalue weighted by Gasteiger charge is -2.05. The van der Waals surface area contributed by atoms with Crippen molar-refractivity contribution in [2.24, 2.45) is 11.8 Å². The molecule has 0 aliphatic heterocycles. The summed E-state index contributed by atoms with van der Waals surface area (Å²) in [6.07, 6.45) is 0. The van der Waals surface area contributed by atoms with Crippen LogP contribution < -0.4 is 0 Å². The molecule has 0 unspecified atom stereocenters. The molecule has 0 saturated heterocycles. The van der Waals surface area contributed by atoms with Crippen molar-refractivity contribution in [3.63, 3.8) is 0 Å². The maximum atomic E-state index is 9.40. The number of rotatable bonds is 4. The van der Waals surface area contributed by atoms with E-state index in [0.717, 1.165) is 21.9 Å². The van der Waals surface area contributed by atoms with Gasteiger partial charge in [0.2, 0.25) is 0 Å². The Balaban J connectivity index is 0.000000382. The quantitative estimate of drug-likeness (QED) is 0.274. The van der Waals surface area contributed by atoms with Crippen molar-refractivity contribution in [2.45, 2.75) is 37.5 Å². The summed E-state index contributed by atoms with van der Waals surface area (Å²) >= 11 is 8.97. The zero-order chi connectivity index (χ0) is 19.2. The second kappa shape index (κ2) is 14.4. The summed E-state index contributed by atoms with van der Waals surface area (Å²) in [7, 11) is 0. The summed E-state index contributed by atoms with van der Waals surface area (Å²) in [5, 5.41) is 19.4. The van der Waals surface area contributed by atoms with E-state index in [1.54, 1.807) is 36.0 Å². The van der Waals surface area contributed by atoms with Crippen molar-refractivity contribution in [1.29, 1.82) is 0 Å². The van der Waals surface area contributed by atoms with Gasteiger partial charge < -0.3 is 10.2 Å². The van der Waals surface area contributed by atoms with Crippen LogP contribution in [-0.4, -0.2) is 21.3 Å². The largest absolute Gasteiger partial charge is 0.507 e. The van der Waals surface area contributed by atoms with E-state index in [4.69, 9.17) is 5.11 Å². The Hall–Kier alpha value is -0.780. The van der Waals surface area contributed by atoms with Crippen LogP contribution >= 0.6 is 40.3 Å². The zero-order valence-corrected chi connectivity index (χ0v) is 18.6. The minimum Gasteiger partial charge on any atom is -0.507 e. The first kappa shape index (κ1) is 24.2. The SMILES string of the molecule is CC(C)CBr.CC(C)CSc1ccccc1O.Oc1ccccc1S. The van der Waals surface area contributed by atoms with Gasteiger partial charge in [0, 0.05) is 20.9 Å². The first-order valence-corrected chi connectivity index (χ1v) is 10.8. The molecule has 0 spiro atoms. The maximum absolute atomic E-state index is 9.40. The highest BCUT2D eigenvalue weighted by molar-refractivity contribution is 9.09. The number of thioether (sulfide) groups is 1. The Morgan fingerprint density at radius 1 is 0.880 bits per heavy atom. The van der Waals surface area contributed by atoms with E-state index in [0.29, 0.717) is 16.6 Å². The number of alkyl halides is 1. The molecule has 0 atom stereocenters. The molecule has 0 aliphatic rings. The molecule has 2 nitrogen and oxygen atoms in total. The summed E-state index contributed by atoms with van der Waals surface area (Å²) in [6, 6.07) is 14.4. The van der Waals surface area contributed by atoms with Gasteiger partial charge in [0.25, 0.3) is 0 Å². The van der Waals surface area contributed by atoms with Crippen molar-refractivity contribution in [3.05, 3.63) is 48.5 Å². The monoisotopic (exact) mass is 444 g/mol. The van der Waals surface area contributed by atoms with Crippen molar-refractivity contribution in [3.8, 4) is 11.5 Å². The Labute approximate surface area is 170 Å². The lowest BCUT2D eigenvalue weighted by atomic mass is 10.3. The van der Waals surface area contributed by atoms with E-state index in [-0.39, 0.29) is 5.75 Å². The molecule has 5 heteroatoms. The van der Waals surface area contributed by atoms with Gasteiger partial charge in [-0.2, -0.15) is 0 Å². The van der Waals surface area contributed by atoms with Crippen LogP contribution in [0.2, 0.25) is 0 Å². The smallest absolute Gasteiger partial charge is 0.129 e. The molecule has 140 valence electrons. The summed E-state index contributed by atoms with van der Waals surface area (Å²) in [5.74, 6) is 3.14. The van der Waals surface area contributed by atoms with Crippen LogP contribution in [0, 0.1) is 11.8 Å². The third-order valence-electron chi connectivity index (χ3n) is 2.63. The number of hydrogen-bond acceptors (Lipinski definition) is 4. The second-order valence-corrected chi connectivity index (χ2v) is 8.40. The third kappa shape index (κ3) is 13.1. The molecule has 2 rings (SSSR count). The van der Waals surface area contributed by atoms with Gasteiger partial charge in [-0.25, -0.2) is 0 Å². The van der Waals surface area contributed by atoms with Crippen LogP contribution in [0.15, 0.2) is 58.3 Å². The van der Waals surface area contributed by atoms with Crippen molar-refractivity contribution in [2.75, 3.05) is 11.1 Å². The number of aromatic hydroxyl groups is 2. The molecule has 0 aliphatic carbocycles. The molecule has 0 amide bonds. The van der Waals surface area contributed by atoms with Crippen LogP contribution in [0.3, 0.4) is 0 Å². The summed E-state index contributed by atoms with van der Waals surface area (Å²) in [5.41, 5.74) is 0. The number of halogens is 1. The van der Waals surface area contributed by atoms with Gasteiger partial charge in [0.05, 0.1) is 0 Å². The normalized spacial score (nSPS) is 9.92. The van der Waals surface area contributed by atoms with Crippen molar-refractivity contribution >= 4 is 40.3 Å². The van der Waals surface area contributed by atoms with Crippen LogP contribution in [-0.2, 0) is 0 Å². The maximum Gasteiger partial charge on any atom is 0.129 e. The fourth-order valence-corrected chi connectivity index (χ4v) is 2.36. The van der Waals surface area contributed by atoms with Crippen LogP contribution in [0.5, 0.6) is 11.5 Å². The average molecular weight is 445 g/mol. The van der Waals surface area contributed by atoms with Gasteiger partial charge in [-0.15, -0.1) is 24.4 Å². The standard InChI is InChI=1S/C10H14OS.C6H6OS.C4H9Br/c1-8(2)7-12-10-6-4-3-5-9(10)11;7-5-3-1-2-4-6(5)8;1-4(2)3-5/h3-6,8,11H,7H2,1-2H3;1-4,7-8H;4H,3H2,1-2H3. The number of thiol groups is 1. The first-order valence-electron chi connectivity index (χ1n) is 8.21. The van der Waals surface area contributed by atoms with Gasteiger partial charge in [-0.05, 0) is 36.1 Å². The van der Waals surface area contributed by atoms with Gasteiger partial charge in [0.15, 0.2) is 0 Å². The molecule has 2 N–H and O–H groups in total. The average Bonchev–Trinajstić information content (AvgIpc) is 2.58. The van der Waals surface area contributed by atoms with Crippen LogP contribution in [0.1, 0.15) is 27.7 Å². The number of benzene rings is 2. The fourth-order valence-electron chi connectivity index (χ4n) is 1.30. The Morgan fingerprint density at radius 3 is 1.72 bits per heavy atom. The highest BCUT2D eigenvalue weighted by atomic mass is 79.9. The minimum absolute atomic E-state index is 0.232. The van der Waals surface area contributed by atoms with Gasteiger partial charge in [-0.1, -0.05) is 67.9 Å². The molecule has 0 radical (unpaired) electrons. The fraction of sp³-hybridized carbons (Fsp3) is 0.400. The molecular formula is C20H29BrO2S2. The molecule has 25 heavy (non-hydrogen) atoms. The predicted molar refractivity (Wildman–Crippen MR) is 118 cm³/mol. The van der Waals surface area contributed by atoms with Gasteiger partial charge in [0.1, 0.15) is 11.5 Å². The zero-order valence-electron chi connectivity index (χ0n) is 15.3.